The Morgan fingerprint density at radius 2 is 1.78 bits per heavy atom. The highest BCUT2D eigenvalue weighted by molar-refractivity contribution is 6.30. The molecule has 0 aliphatic heterocycles. The van der Waals surface area contributed by atoms with Gasteiger partial charge in [0.2, 0.25) is 0 Å². The van der Waals surface area contributed by atoms with E-state index in [-0.39, 0.29) is 17.1 Å². The lowest BCUT2D eigenvalue weighted by atomic mass is 10.2. The van der Waals surface area contributed by atoms with E-state index in [0.717, 1.165) is 4.90 Å². The van der Waals surface area contributed by atoms with Crippen LogP contribution in [0.25, 0.3) is 0 Å². The van der Waals surface area contributed by atoms with Crippen LogP contribution in [0.5, 0.6) is 0 Å². The Bertz CT molecular complexity index is 450. The second-order valence-corrected chi connectivity index (χ2v) is 4.05. The first-order chi connectivity index (χ1) is 8.40. The van der Waals surface area contributed by atoms with Crippen LogP contribution in [-0.2, 0) is 16.1 Å². The zero-order valence-electron chi connectivity index (χ0n) is 9.27. The first-order valence-corrected chi connectivity index (χ1v) is 5.36. The van der Waals surface area contributed by atoms with Gasteiger partial charge in [0.1, 0.15) is 5.82 Å². The average Bonchev–Trinajstić information content (AvgIpc) is 2.23. The highest BCUT2D eigenvalue weighted by Gasteiger charge is 2.16. The van der Waals surface area contributed by atoms with Crippen LogP contribution < -0.4 is 0 Å². The molecule has 0 radical (unpaired) electrons. The van der Waals surface area contributed by atoms with Crippen LogP contribution in [-0.4, -0.2) is 40.1 Å². The van der Waals surface area contributed by atoms with Gasteiger partial charge >= 0.3 is 11.9 Å². The second kappa shape index (κ2) is 6.32. The van der Waals surface area contributed by atoms with E-state index in [0.29, 0.717) is 0 Å². The molecule has 1 rings (SSSR count). The number of carboxylic acids is 2. The largest absolute Gasteiger partial charge is 0.480 e. The maximum atomic E-state index is 13.6. The van der Waals surface area contributed by atoms with Gasteiger partial charge in [0.25, 0.3) is 0 Å². The first kappa shape index (κ1) is 14.4. The molecule has 0 aliphatic carbocycles. The van der Waals surface area contributed by atoms with Crippen molar-refractivity contribution in [2.24, 2.45) is 0 Å². The molecule has 1 aromatic carbocycles. The molecule has 98 valence electrons. The van der Waals surface area contributed by atoms with E-state index in [1.165, 1.54) is 18.2 Å². The van der Waals surface area contributed by atoms with Gasteiger partial charge in [-0.1, -0.05) is 23.7 Å². The number of carbonyl (C=O) groups is 2. The van der Waals surface area contributed by atoms with Gasteiger partial charge in [0, 0.05) is 12.1 Å². The molecule has 7 heteroatoms. The van der Waals surface area contributed by atoms with E-state index in [4.69, 9.17) is 21.8 Å². The Morgan fingerprint density at radius 1 is 1.22 bits per heavy atom. The molecule has 18 heavy (non-hydrogen) atoms. The Balaban J connectivity index is 2.84. The Hall–Kier alpha value is -1.66. The number of nitrogens with zero attached hydrogens (tertiary/aromatic N) is 1. The number of hydrogen-bond acceptors (Lipinski definition) is 3. The Morgan fingerprint density at radius 3 is 2.28 bits per heavy atom. The third-order valence-electron chi connectivity index (χ3n) is 2.14. The lowest BCUT2D eigenvalue weighted by Gasteiger charge is -2.18. The molecule has 0 bridgehead atoms. The Labute approximate surface area is 107 Å². The van der Waals surface area contributed by atoms with Gasteiger partial charge in [-0.3, -0.25) is 14.5 Å². The highest BCUT2D eigenvalue weighted by Crippen LogP contribution is 2.19. The van der Waals surface area contributed by atoms with Crippen molar-refractivity contribution in [2.75, 3.05) is 13.1 Å². The molecule has 0 atom stereocenters. The average molecular weight is 276 g/mol. The van der Waals surface area contributed by atoms with Crippen molar-refractivity contribution in [3.63, 3.8) is 0 Å². The summed E-state index contributed by atoms with van der Waals surface area (Å²) in [4.78, 5) is 22.3. The predicted molar refractivity (Wildman–Crippen MR) is 62.0 cm³/mol. The minimum absolute atomic E-state index is 0.0851. The van der Waals surface area contributed by atoms with Gasteiger partial charge in [0.05, 0.1) is 18.1 Å². The molecule has 0 saturated carbocycles. The van der Waals surface area contributed by atoms with E-state index in [2.05, 4.69) is 0 Å². The summed E-state index contributed by atoms with van der Waals surface area (Å²) in [5, 5.41) is 17.2. The molecule has 0 aliphatic rings. The fourth-order valence-corrected chi connectivity index (χ4v) is 1.66. The summed E-state index contributed by atoms with van der Waals surface area (Å²) in [7, 11) is 0. The van der Waals surface area contributed by atoms with Crippen LogP contribution in [0.2, 0.25) is 5.02 Å². The molecule has 0 spiro atoms. The third-order valence-corrected chi connectivity index (χ3v) is 2.44. The molecule has 2 N–H and O–H groups in total. The van der Waals surface area contributed by atoms with Crippen LogP contribution in [0.1, 0.15) is 5.56 Å². The number of benzene rings is 1. The Kier molecular flexibility index (Phi) is 5.06. The first-order valence-electron chi connectivity index (χ1n) is 4.99. The van der Waals surface area contributed by atoms with Crippen molar-refractivity contribution in [1.82, 2.24) is 4.90 Å². The monoisotopic (exact) mass is 275 g/mol. The third kappa shape index (κ3) is 4.31. The molecule has 0 heterocycles. The summed E-state index contributed by atoms with van der Waals surface area (Å²) in [6.45, 7) is -1.11. The standard InChI is InChI=1S/C11H11ClFNO4/c12-8-3-1-2-7(11(8)13)4-14(5-9(15)16)6-10(17)18/h1-3H,4-6H2,(H,15,16)(H,17,18). The summed E-state index contributed by atoms with van der Waals surface area (Å²) >= 11 is 5.58. The van der Waals surface area contributed by atoms with E-state index >= 15 is 0 Å². The van der Waals surface area contributed by atoms with Gasteiger partial charge in [-0.05, 0) is 6.07 Å². The minimum atomic E-state index is -1.18. The van der Waals surface area contributed by atoms with Crippen molar-refractivity contribution >= 4 is 23.5 Å². The fraction of sp³-hybridized carbons (Fsp3) is 0.273. The predicted octanol–water partition coefficient (Wildman–Crippen LogP) is 1.45. The van der Waals surface area contributed by atoms with E-state index in [1.54, 1.807) is 0 Å². The van der Waals surface area contributed by atoms with Crippen LogP contribution in [0.3, 0.4) is 0 Å². The normalized spacial score (nSPS) is 10.6. The molecule has 0 saturated heterocycles. The zero-order chi connectivity index (χ0) is 13.7. The van der Waals surface area contributed by atoms with E-state index < -0.39 is 30.8 Å². The number of aliphatic carboxylic acids is 2. The topological polar surface area (TPSA) is 77.8 Å². The van der Waals surface area contributed by atoms with E-state index in [9.17, 15) is 14.0 Å². The number of carboxylic acid groups (broad SMARTS) is 2. The zero-order valence-corrected chi connectivity index (χ0v) is 10.0. The minimum Gasteiger partial charge on any atom is -0.480 e. The molecule has 0 aromatic heterocycles. The van der Waals surface area contributed by atoms with Gasteiger partial charge in [0.15, 0.2) is 0 Å². The van der Waals surface area contributed by atoms with Crippen molar-refractivity contribution < 1.29 is 24.2 Å². The maximum absolute atomic E-state index is 13.6. The van der Waals surface area contributed by atoms with Crippen molar-refractivity contribution in [1.29, 1.82) is 0 Å². The summed E-state index contributed by atoms with van der Waals surface area (Å²) in [5.74, 6) is -3.03. The summed E-state index contributed by atoms with van der Waals surface area (Å²) in [5.41, 5.74) is 0.157. The lowest BCUT2D eigenvalue weighted by molar-refractivity contribution is -0.142. The molecule has 0 unspecified atom stereocenters. The molecule has 5 nitrogen and oxygen atoms in total. The number of rotatable bonds is 6. The summed E-state index contributed by atoms with van der Waals surface area (Å²) in [6.07, 6.45) is 0. The second-order valence-electron chi connectivity index (χ2n) is 3.65. The summed E-state index contributed by atoms with van der Waals surface area (Å²) < 4.78 is 13.6. The quantitative estimate of drug-likeness (QED) is 0.822. The number of hydrogen-bond donors (Lipinski definition) is 2. The SMILES string of the molecule is O=C(O)CN(CC(=O)O)Cc1cccc(Cl)c1F. The number of halogens is 2. The maximum Gasteiger partial charge on any atom is 0.317 e. The van der Waals surface area contributed by atoms with Gasteiger partial charge in [-0.15, -0.1) is 0 Å². The molecular weight excluding hydrogens is 265 g/mol. The molecule has 0 fully saturated rings. The van der Waals surface area contributed by atoms with Crippen LogP contribution in [0, 0.1) is 5.82 Å². The fourth-order valence-electron chi connectivity index (χ4n) is 1.46. The van der Waals surface area contributed by atoms with Crippen molar-refractivity contribution in [3.8, 4) is 0 Å². The van der Waals surface area contributed by atoms with E-state index in [1.807, 2.05) is 0 Å². The van der Waals surface area contributed by atoms with Gasteiger partial charge < -0.3 is 10.2 Å². The lowest BCUT2D eigenvalue weighted by Crippen LogP contribution is -2.34. The molecule has 1 aromatic rings. The van der Waals surface area contributed by atoms with Gasteiger partial charge in [-0.2, -0.15) is 0 Å². The van der Waals surface area contributed by atoms with Crippen LogP contribution in [0.15, 0.2) is 18.2 Å². The molecule has 0 amide bonds. The summed E-state index contributed by atoms with van der Waals surface area (Å²) in [6, 6.07) is 4.30. The van der Waals surface area contributed by atoms with Crippen molar-refractivity contribution in [3.05, 3.63) is 34.6 Å². The van der Waals surface area contributed by atoms with Crippen LogP contribution in [0.4, 0.5) is 4.39 Å². The highest BCUT2D eigenvalue weighted by atomic mass is 35.5. The smallest absolute Gasteiger partial charge is 0.317 e. The molecular formula is C11H11ClFNO4. The van der Waals surface area contributed by atoms with Crippen molar-refractivity contribution in [2.45, 2.75) is 6.54 Å². The van der Waals surface area contributed by atoms with Crippen LogP contribution >= 0.6 is 11.6 Å². The van der Waals surface area contributed by atoms with Gasteiger partial charge in [-0.25, -0.2) is 4.39 Å².